The third-order valence-corrected chi connectivity index (χ3v) is 6.46. The first-order valence-electron chi connectivity index (χ1n) is 14.0. The molecule has 3 aromatic rings. The Hall–Kier alpha value is -3.44. The van der Waals surface area contributed by atoms with Crippen molar-refractivity contribution in [1.29, 1.82) is 0 Å². The largest absolute Gasteiger partial charge is 0.355 e. The number of nitrogens with zero attached hydrogens (tertiary/aromatic N) is 2. The number of nitrogens with one attached hydrogen (secondary N) is 3. The van der Waals surface area contributed by atoms with Gasteiger partial charge in [0, 0.05) is 22.1 Å². The Morgan fingerprint density at radius 2 is 0.919 bits per heavy atom. The Morgan fingerprint density at radius 3 is 1.35 bits per heavy atom. The highest BCUT2D eigenvalue weighted by atomic mass is 14.8. The smallest absolute Gasteiger partial charge is 0.0659 e. The number of aromatic amines is 2. The molecule has 194 valence electrons. The lowest BCUT2D eigenvalue weighted by Crippen LogP contribution is -2.16. The van der Waals surface area contributed by atoms with Crippen LogP contribution in [0.25, 0.3) is 46.4 Å². The average Bonchev–Trinajstić information content (AvgIpc) is 3.70. The Kier molecular flexibility index (Phi) is 10.3. The molecular formula is C32H41N5. The normalized spacial score (nSPS) is 11.9. The minimum Gasteiger partial charge on any atom is -0.355 e. The fourth-order valence-electron chi connectivity index (χ4n) is 4.42. The molecule has 2 aliphatic heterocycles. The van der Waals surface area contributed by atoms with Crippen LogP contribution in [0, 0.1) is 0 Å². The van der Waals surface area contributed by atoms with Gasteiger partial charge in [0.1, 0.15) is 0 Å². The van der Waals surface area contributed by atoms with E-state index in [1.165, 1.54) is 64.5 Å². The van der Waals surface area contributed by atoms with E-state index in [2.05, 4.69) is 69.4 Å². The zero-order valence-corrected chi connectivity index (χ0v) is 22.4. The van der Waals surface area contributed by atoms with Gasteiger partial charge in [-0.3, -0.25) is 0 Å². The van der Waals surface area contributed by atoms with Crippen LogP contribution < -0.4 is 5.32 Å². The van der Waals surface area contributed by atoms with Crippen molar-refractivity contribution in [3.63, 3.8) is 0 Å². The maximum Gasteiger partial charge on any atom is 0.0659 e. The Labute approximate surface area is 221 Å². The summed E-state index contributed by atoms with van der Waals surface area (Å²) in [5.41, 5.74) is 7.86. The van der Waals surface area contributed by atoms with Gasteiger partial charge in [-0.25, -0.2) is 9.97 Å². The lowest BCUT2D eigenvalue weighted by Gasteiger charge is -2.03. The number of hydrogen-bond acceptors (Lipinski definition) is 3. The fourth-order valence-corrected chi connectivity index (χ4v) is 4.42. The molecule has 2 aliphatic rings. The molecule has 5 nitrogen and oxygen atoms in total. The standard InChI is InChI=1S/C20H14N4.C12H27N/c1-2-14-10-16-5-6-18(23-16)12-20-8-7-19(24-20)11-17-4-3-15(22-17)9-13(1)21-14;1-3-5-7-9-11-13-12-10-8-6-4-2/h1-12,21-22H;13H,3-12H2,1-2H3. The van der Waals surface area contributed by atoms with E-state index >= 15 is 0 Å². The van der Waals surface area contributed by atoms with Crippen molar-refractivity contribution >= 4 is 46.4 Å². The highest BCUT2D eigenvalue weighted by Gasteiger charge is 2.02. The molecule has 0 saturated heterocycles. The second kappa shape index (κ2) is 14.3. The Balaban J connectivity index is 0.000000212. The molecule has 0 atom stereocenters. The number of hydrogen-bond donors (Lipinski definition) is 3. The van der Waals surface area contributed by atoms with Gasteiger partial charge in [-0.05, 0) is 98.8 Å². The summed E-state index contributed by atoms with van der Waals surface area (Å²) in [6.07, 6.45) is 19.1. The van der Waals surface area contributed by atoms with Crippen LogP contribution in [-0.2, 0) is 0 Å². The summed E-state index contributed by atoms with van der Waals surface area (Å²) in [5, 5.41) is 3.50. The lowest BCUT2D eigenvalue weighted by atomic mass is 10.2. The van der Waals surface area contributed by atoms with Gasteiger partial charge >= 0.3 is 0 Å². The van der Waals surface area contributed by atoms with Gasteiger partial charge in [0.15, 0.2) is 0 Å². The molecule has 0 radical (unpaired) electrons. The van der Waals surface area contributed by atoms with Crippen molar-refractivity contribution in [3.8, 4) is 0 Å². The first-order valence-corrected chi connectivity index (χ1v) is 14.0. The molecule has 0 saturated carbocycles. The van der Waals surface area contributed by atoms with Gasteiger partial charge in [0.2, 0.25) is 0 Å². The fraction of sp³-hybridized carbons (Fsp3) is 0.375. The van der Waals surface area contributed by atoms with Gasteiger partial charge in [-0.1, -0.05) is 52.4 Å². The molecule has 5 heteroatoms. The third kappa shape index (κ3) is 8.87. The van der Waals surface area contributed by atoms with E-state index in [1.54, 1.807) is 0 Å². The van der Waals surface area contributed by atoms with E-state index in [1.807, 2.05) is 42.5 Å². The van der Waals surface area contributed by atoms with Gasteiger partial charge in [-0.2, -0.15) is 0 Å². The molecule has 37 heavy (non-hydrogen) atoms. The monoisotopic (exact) mass is 495 g/mol. The topological polar surface area (TPSA) is 69.4 Å². The third-order valence-electron chi connectivity index (χ3n) is 6.46. The van der Waals surface area contributed by atoms with Crippen LogP contribution in [0.1, 0.15) is 88.0 Å². The van der Waals surface area contributed by atoms with E-state index in [-0.39, 0.29) is 0 Å². The van der Waals surface area contributed by atoms with Crippen molar-refractivity contribution < 1.29 is 0 Å². The highest BCUT2D eigenvalue weighted by molar-refractivity contribution is 5.77. The SMILES string of the molecule is C1=Cc2cc3ccc(cc4ccc(cc5nc(cc1n2)C=C5)[nH]4)[nH]3.CCCCCCNCCCCCC. The predicted octanol–water partition coefficient (Wildman–Crippen LogP) is 8.39. The molecule has 3 aromatic heterocycles. The highest BCUT2D eigenvalue weighted by Crippen LogP contribution is 2.17. The van der Waals surface area contributed by atoms with Gasteiger partial charge in [-0.15, -0.1) is 0 Å². The molecule has 0 aliphatic carbocycles. The van der Waals surface area contributed by atoms with Crippen LogP contribution in [0.15, 0.2) is 48.5 Å². The molecule has 3 N–H and O–H groups in total. The molecule has 0 spiro atoms. The second-order valence-corrected chi connectivity index (χ2v) is 9.78. The first-order chi connectivity index (χ1) is 18.2. The summed E-state index contributed by atoms with van der Waals surface area (Å²) in [7, 11) is 0. The molecule has 0 fully saturated rings. The maximum atomic E-state index is 4.62. The summed E-state index contributed by atoms with van der Waals surface area (Å²) >= 11 is 0. The van der Waals surface area contributed by atoms with Crippen LogP contribution in [0.5, 0.6) is 0 Å². The van der Waals surface area contributed by atoms with E-state index < -0.39 is 0 Å². The first kappa shape index (κ1) is 26.6. The molecule has 0 aromatic carbocycles. The zero-order chi connectivity index (χ0) is 25.7. The maximum absolute atomic E-state index is 4.62. The number of rotatable bonds is 10. The van der Waals surface area contributed by atoms with E-state index in [4.69, 9.17) is 0 Å². The summed E-state index contributed by atoms with van der Waals surface area (Å²) in [6.45, 7) is 6.98. The van der Waals surface area contributed by atoms with Gasteiger partial charge < -0.3 is 15.3 Å². The quantitative estimate of drug-likeness (QED) is 0.170. The second-order valence-electron chi connectivity index (χ2n) is 9.78. The number of fused-ring (bicyclic) bond motifs is 8. The molecule has 5 rings (SSSR count). The van der Waals surface area contributed by atoms with Crippen molar-refractivity contribution in [2.75, 3.05) is 13.1 Å². The lowest BCUT2D eigenvalue weighted by molar-refractivity contribution is 0.564. The van der Waals surface area contributed by atoms with Crippen molar-refractivity contribution in [2.45, 2.75) is 65.2 Å². The molecule has 5 heterocycles. The minimum absolute atomic E-state index is 0.915. The summed E-state index contributed by atoms with van der Waals surface area (Å²) in [6, 6.07) is 16.4. The summed E-state index contributed by atoms with van der Waals surface area (Å²) in [4.78, 5) is 16.0. The van der Waals surface area contributed by atoms with Crippen molar-refractivity contribution in [2.24, 2.45) is 0 Å². The number of H-pyrrole nitrogens is 2. The summed E-state index contributed by atoms with van der Waals surface area (Å²) < 4.78 is 0. The number of aromatic nitrogens is 4. The van der Waals surface area contributed by atoms with Crippen LogP contribution in [0.2, 0.25) is 0 Å². The van der Waals surface area contributed by atoms with Crippen LogP contribution in [-0.4, -0.2) is 33.0 Å². The molecule has 0 amide bonds. The van der Waals surface area contributed by atoms with Crippen LogP contribution >= 0.6 is 0 Å². The predicted molar refractivity (Wildman–Crippen MR) is 160 cm³/mol. The molecule has 0 unspecified atom stereocenters. The average molecular weight is 496 g/mol. The van der Waals surface area contributed by atoms with Crippen LogP contribution in [0.4, 0.5) is 0 Å². The van der Waals surface area contributed by atoms with E-state index in [0.717, 1.165) is 44.8 Å². The summed E-state index contributed by atoms with van der Waals surface area (Å²) in [5.74, 6) is 0. The van der Waals surface area contributed by atoms with Crippen LogP contribution in [0.3, 0.4) is 0 Å². The minimum atomic E-state index is 0.915. The van der Waals surface area contributed by atoms with E-state index in [9.17, 15) is 0 Å². The Morgan fingerprint density at radius 1 is 0.514 bits per heavy atom. The Bertz CT molecular complexity index is 1240. The van der Waals surface area contributed by atoms with Crippen molar-refractivity contribution in [1.82, 2.24) is 25.3 Å². The number of unbranched alkanes of at least 4 members (excludes halogenated alkanes) is 6. The van der Waals surface area contributed by atoms with E-state index in [0.29, 0.717) is 0 Å². The zero-order valence-electron chi connectivity index (χ0n) is 22.4. The van der Waals surface area contributed by atoms with Crippen molar-refractivity contribution in [3.05, 3.63) is 71.3 Å². The van der Waals surface area contributed by atoms with Gasteiger partial charge in [0.25, 0.3) is 0 Å². The molecule has 8 bridgehead atoms. The van der Waals surface area contributed by atoms with Gasteiger partial charge in [0.05, 0.1) is 22.8 Å². The molecular weight excluding hydrogens is 454 g/mol.